The van der Waals surface area contributed by atoms with Gasteiger partial charge in [0.2, 0.25) is 0 Å². The Balaban J connectivity index is 1.68. The topological polar surface area (TPSA) is 60.9 Å². The molecule has 1 aliphatic heterocycles. The summed E-state index contributed by atoms with van der Waals surface area (Å²) in [7, 11) is 0. The van der Waals surface area contributed by atoms with Gasteiger partial charge in [-0.1, -0.05) is 12.1 Å². The normalized spacial score (nSPS) is 23.2. The van der Waals surface area contributed by atoms with Crippen molar-refractivity contribution in [2.45, 2.75) is 37.4 Å². The van der Waals surface area contributed by atoms with E-state index in [9.17, 15) is 22.8 Å². The summed E-state index contributed by atoms with van der Waals surface area (Å²) < 4.78 is 40.4. The highest BCUT2D eigenvalue weighted by Crippen LogP contribution is 2.46. The average Bonchev–Trinajstić information content (AvgIpc) is 3.40. The van der Waals surface area contributed by atoms with Crippen LogP contribution in [0.4, 0.5) is 18.0 Å². The molecule has 1 saturated heterocycles. The SMILES string of the molecule is O=C(O)N1CCC(CN(C(=O)C(F)(F)F)[C@@H]2C[C@H]2c2ccc(I)cc2)CC1. The molecule has 2 aliphatic rings. The van der Waals surface area contributed by atoms with Gasteiger partial charge in [0.15, 0.2) is 0 Å². The van der Waals surface area contributed by atoms with E-state index in [1.807, 2.05) is 24.3 Å². The summed E-state index contributed by atoms with van der Waals surface area (Å²) in [5.41, 5.74) is 0.945. The predicted molar refractivity (Wildman–Crippen MR) is 100 cm³/mol. The van der Waals surface area contributed by atoms with Gasteiger partial charge in [-0.05, 0) is 65.5 Å². The van der Waals surface area contributed by atoms with Crippen molar-refractivity contribution < 1.29 is 27.9 Å². The largest absolute Gasteiger partial charge is 0.471 e. The van der Waals surface area contributed by atoms with E-state index >= 15 is 0 Å². The van der Waals surface area contributed by atoms with Gasteiger partial charge in [0, 0.05) is 35.2 Å². The van der Waals surface area contributed by atoms with Gasteiger partial charge in [-0.3, -0.25) is 4.79 Å². The molecular formula is C18H20F3IN2O3. The van der Waals surface area contributed by atoms with Crippen LogP contribution in [0.15, 0.2) is 24.3 Å². The molecule has 0 unspecified atom stereocenters. The van der Waals surface area contributed by atoms with Crippen LogP contribution in [-0.2, 0) is 4.79 Å². The number of halogens is 4. The Kier molecular flexibility index (Phi) is 5.87. The lowest BCUT2D eigenvalue weighted by molar-refractivity contribution is -0.187. The summed E-state index contributed by atoms with van der Waals surface area (Å²) in [6, 6.07) is 7.16. The monoisotopic (exact) mass is 496 g/mol. The van der Waals surface area contributed by atoms with Crippen molar-refractivity contribution in [1.82, 2.24) is 9.80 Å². The number of hydrogen-bond donors (Lipinski definition) is 1. The molecule has 2 amide bonds. The van der Waals surface area contributed by atoms with E-state index in [4.69, 9.17) is 5.11 Å². The Morgan fingerprint density at radius 2 is 1.78 bits per heavy atom. The molecule has 0 aromatic heterocycles. The molecular weight excluding hydrogens is 476 g/mol. The molecule has 0 radical (unpaired) electrons. The highest BCUT2D eigenvalue weighted by Gasteiger charge is 2.52. The lowest BCUT2D eigenvalue weighted by Gasteiger charge is -2.34. The van der Waals surface area contributed by atoms with Crippen molar-refractivity contribution in [3.8, 4) is 0 Å². The second-order valence-corrected chi connectivity index (χ2v) is 8.37. The number of likely N-dealkylation sites (tertiary alicyclic amines) is 1. The maximum atomic E-state index is 13.1. The van der Waals surface area contributed by atoms with Crippen LogP contribution in [-0.4, -0.2) is 58.8 Å². The van der Waals surface area contributed by atoms with E-state index in [2.05, 4.69) is 22.6 Å². The summed E-state index contributed by atoms with van der Waals surface area (Å²) in [5.74, 6) is -1.99. The Morgan fingerprint density at radius 3 is 2.30 bits per heavy atom. The molecule has 1 aromatic rings. The van der Waals surface area contributed by atoms with Crippen molar-refractivity contribution in [3.05, 3.63) is 33.4 Å². The minimum absolute atomic E-state index is 0.0251. The van der Waals surface area contributed by atoms with Crippen LogP contribution in [0.5, 0.6) is 0 Å². The number of piperidine rings is 1. The molecule has 1 aliphatic carbocycles. The Morgan fingerprint density at radius 1 is 1.19 bits per heavy atom. The number of carbonyl (C=O) groups is 2. The lowest BCUT2D eigenvalue weighted by atomic mass is 9.96. The first-order valence-corrected chi connectivity index (χ1v) is 9.86. The van der Waals surface area contributed by atoms with E-state index in [1.54, 1.807) is 0 Å². The molecule has 1 N–H and O–H groups in total. The fourth-order valence-corrected chi connectivity index (χ4v) is 4.07. The zero-order valence-electron chi connectivity index (χ0n) is 14.5. The van der Waals surface area contributed by atoms with Crippen molar-refractivity contribution in [2.24, 2.45) is 5.92 Å². The molecule has 9 heteroatoms. The van der Waals surface area contributed by atoms with Crippen LogP contribution in [0.2, 0.25) is 0 Å². The van der Waals surface area contributed by atoms with Gasteiger partial charge in [-0.25, -0.2) is 4.79 Å². The van der Waals surface area contributed by atoms with Crippen molar-refractivity contribution in [2.75, 3.05) is 19.6 Å². The molecule has 0 spiro atoms. The first-order valence-electron chi connectivity index (χ1n) is 8.78. The number of alkyl halides is 3. The smallest absolute Gasteiger partial charge is 0.465 e. The highest BCUT2D eigenvalue weighted by molar-refractivity contribution is 14.1. The fraction of sp³-hybridized carbons (Fsp3) is 0.556. The predicted octanol–water partition coefficient (Wildman–Crippen LogP) is 3.93. The van der Waals surface area contributed by atoms with E-state index in [0.29, 0.717) is 32.4 Å². The maximum absolute atomic E-state index is 13.1. The molecule has 0 bridgehead atoms. The zero-order valence-corrected chi connectivity index (χ0v) is 16.6. The van der Waals surface area contributed by atoms with Crippen LogP contribution in [0.1, 0.15) is 30.7 Å². The molecule has 3 rings (SSSR count). The summed E-state index contributed by atoms with van der Waals surface area (Å²) in [4.78, 5) is 25.2. The Bertz CT molecular complexity index is 703. The van der Waals surface area contributed by atoms with Gasteiger partial charge in [0.25, 0.3) is 0 Å². The second kappa shape index (κ2) is 7.84. The zero-order chi connectivity index (χ0) is 19.8. The standard InChI is InChI=1S/C18H20F3IN2O3/c19-18(20,21)16(25)24(10-11-5-7-23(8-6-11)17(26)27)15-9-14(15)12-1-3-13(22)4-2-12/h1-4,11,14-15H,5-10H2,(H,26,27)/t14-,15+/m0/s1. The van der Waals surface area contributed by atoms with Gasteiger partial charge in [0.1, 0.15) is 0 Å². The first kappa shape index (κ1) is 20.2. The van der Waals surface area contributed by atoms with E-state index < -0.39 is 24.2 Å². The summed E-state index contributed by atoms with van der Waals surface area (Å²) in [6.07, 6.45) is -4.46. The van der Waals surface area contributed by atoms with Gasteiger partial charge >= 0.3 is 18.2 Å². The number of benzene rings is 1. The Hall–Kier alpha value is -1.52. The molecule has 1 heterocycles. The average molecular weight is 496 g/mol. The minimum atomic E-state index is -4.90. The first-order chi connectivity index (χ1) is 12.7. The molecule has 2 atom stereocenters. The number of amides is 2. The quantitative estimate of drug-likeness (QED) is 0.643. The molecule has 148 valence electrons. The third-order valence-electron chi connectivity index (χ3n) is 5.30. The van der Waals surface area contributed by atoms with Crippen molar-refractivity contribution >= 4 is 34.6 Å². The molecule has 1 aromatic carbocycles. The number of nitrogens with zero attached hydrogens (tertiary/aromatic N) is 2. The summed E-state index contributed by atoms with van der Waals surface area (Å²) >= 11 is 2.16. The lowest BCUT2D eigenvalue weighted by Crippen LogP contribution is -2.47. The van der Waals surface area contributed by atoms with Crippen LogP contribution < -0.4 is 0 Å². The number of carboxylic acid groups (broad SMARTS) is 1. The summed E-state index contributed by atoms with van der Waals surface area (Å²) in [6.45, 7) is 0.607. The Labute approximate surface area is 168 Å². The highest BCUT2D eigenvalue weighted by atomic mass is 127. The third-order valence-corrected chi connectivity index (χ3v) is 6.02. The van der Waals surface area contributed by atoms with E-state index in [1.165, 1.54) is 4.90 Å². The van der Waals surface area contributed by atoms with Gasteiger partial charge in [-0.2, -0.15) is 13.2 Å². The number of rotatable bonds is 4. The van der Waals surface area contributed by atoms with Gasteiger partial charge in [0.05, 0.1) is 0 Å². The van der Waals surface area contributed by atoms with Crippen molar-refractivity contribution in [3.63, 3.8) is 0 Å². The van der Waals surface area contributed by atoms with E-state index in [0.717, 1.165) is 14.0 Å². The van der Waals surface area contributed by atoms with Gasteiger partial charge in [-0.15, -0.1) is 0 Å². The number of hydrogen-bond acceptors (Lipinski definition) is 2. The maximum Gasteiger partial charge on any atom is 0.471 e. The van der Waals surface area contributed by atoms with Crippen LogP contribution in [0, 0.1) is 9.49 Å². The second-order valence-electron chi connectivity index (χ2n) is 7.13. The fourth-order valence-electron chi connectivity index (χ4n) is 3.71. The molecule has 27 heavy (non-hydrogen) atoms. The molecule has 2 fully saturated rings. The van der Waals surface area contributed by atoms with Crippen LogP contribution >= 0.6 is 22.6 Å². The van der Waals surface area contributed by atoms with Crippen molar-refractivity contribution in [1.29, 1.82) is 0 Å². The number of carbonyl (C=O) groups excluding carboxylic acids is 1. The summed E-state index contributed by atoms with van der Waals surface area (Å²) in [5, 5.41) is 8.99. The molecule has 5 nitrogen and oxygen atoms in total. The third kappa shape index (κ3) is 4.85. The van der Waals surface area contributed by atoms with E-state index in [-0.39, 0.29) is 18.4 Å². The minimum Gasteiger partial charge on any atom is -0.465 e. The van der Waals surface area contributed by atoms with Crippen LogP contribution in [0.3, 0.4) is 0 Å². The van der Waals surface area contributed by atoms with Crippen LogP contribution in [0.25, 0.3) is 0 Å². The van der Waals surface area contributed by atoms with Gasteiger partial charge < -0.3 is 14.9 Å². The molecule has 1 saturated carbocycles.